The molecule has 4 rings (SSSR count). The summed E-state index contributed by atoms with van der Waals surface area (Å²) in [7, 11) is 3.44. The summed E-state index contributed by atoms with van der Waals surface area (Å²) >= 11 is 0. The fraction of sp³-hybridized carbons (Fsp3) is 0.222. The van der Waals surface area contributed by atoms with Crippen molar-refractivity contribution in [3.8, 4) is 28.8 Å². The van der Waals surface area contributed by atoms with Crippen molar-refractivity contribution >= 4 is 16.7 Å². The number of nitrogens with zero attached hydrogens (tertiary/aromatic N) is 3. The number of ether oxygens (including phenoxy) is 2. The van der Waals surface area contributed by atoms with Crippen molar-refractivity contribution in [3.63, 3.8) is 0 Å². The molecule has 0 unspecified atom stereocenters. The molecule has 0 bridgehead atoms. The van der Waals surface area contributed by atoms with Crippen LogP contribution in [0, 0.1) is 11.3 Å². The minimum absolute atomic E-state index is 0.0283. The molecule has 0 spiro atoms. The first-order valence-corrected chi connectivity index (χ1v) is 11.1. The average Bonchev–Trinajstić information content (AvgIpc) is 2.87. The van der Waals surface area contributed by atoms with Crippen LogP contribution in [-0.2, 0) is 6.54 Å². The third-order valence-electron chi connectivity index (χ3n) is 5.60. The van der Waals surface area contributed by atoms with E-state index in [4.69, 9.17) is 9.47 Å². The van der Waals surface area contributed by atoms with Crippen LogP contribution in [-0.4, -0.2) is 30.7 Å². The summed E-state index contributed by atoms with van der Waals surface area (Å²) in [6.45, 7) is 3.14. The number of methoxy groups -OCH3 is 1. The zero-order chi connectivity index (χ0) is 24.1. The van der Waals surface area contributed by atoms with E-state index < -0.39 is 5.56 Å². The van der Waals surface area contributed by atoms with E-state index in [0.29, 0.717) is 36.1 Å². The minimum Gasteiger partial charge on any atom is -0.497 e. The predicted molar refractivity (Wildman–Crippen MR) is 133 cm³/mol. The minimum atomic E-state index is -0.481. The summed E-state index contributed by atoms with van der Waals surface area (Å²) in [6, 6.07) is 21.3. The molecule has 34 heavy (non-hydrogen) atoms. The first-order chi connectivity index (χ1) is 16.5. The largest absolute Gasteiger partial charge is 0.497 e. The number of H-pyrrole nitrogens is 1. The Balaban J connectivity index is 1.76. The maximum atomic E-state index is 12.8. The Morgan fingerprint density at radius 3 is 2.56 bits per heavy atom. The molecular formula is C27H26N4O3. The number of aromatic amines is 1. The fourth-order valence-corrected chi connectivity index (χ4v) is 3.84. The van der Waals surface area contributed by atoms with Crippen molar-refractivity contribution in [2.45, 2.75) is 19.9 Å². The monoisotopic (exact) mass is 454 g/mol. The van der Waals surface area contributed by atoms with Crippen LogP contribution in [0.25, 0.3) is 22.0 Å². The molecule has 3 aromatic carbocycles. The van der Waals surface area contributed by atoms with Crippen molar-refractivity contribution in [3.05, 3.63) is 82.1 Å². The van der Waals surface area contributed by atoms with Crippen molar-refractivity contribution in [1.29, 1.82) is 5.26 Å². The van der Waals surface area contributed by atoms with Gasteiger partial charge in [-0.1, -0.05) is 37.3 Å². The molecule has 1 heterocycles. The number of rotatable bonds is 8. The number of nitrogens with one attached hydrogen (secondary N) is 1. The molecule has 7 heteroatoms. The van der Waals surface area contributed by atoms with Gasteiger partial charge in [0.25, 0.3) is 5.56 Å². The molecule has 0 amide bonds. The van der Waals surface area contributed by atoms with Gasteiger partial charge < -0.3 is 14.4 Å². The molecule has 1 N–H and O–H groups in total. The van der Waals surface area contributed by atoms with Crippen molar-refractivity contribution in [2.24, 2.45) is 0 Å². The maximum Gasteiger partial charge on any atom is 0.270 e. The Morgan fingerprint density at radius 1 is 1.09 bits per heavy atom. The maximum absolute atomic E-state index is 12.8. The third kappa shape index (κ3) is 4.57. The molecule has 0 saturated heterocycles. The van der Waals surface area contributed by atoms with Crippen LogP contribution in [0.2, 0.25) is 0 Å². The lowest BCUT2D eigenvalue weighted by Crippen LogP contribution is -2.25. The van der Waals surface area contributed by atoms with Gasteiger partial charge in [-0.25, -0.2) is 4.98 Å². The van der Waals surface area contributed by atoms with E-state index in [0.717, 1.165) is 28.5 Å². The van der Waals surface area contributed by atoms with Gasteiger partial charge in [0.15, 0.2) is 0 Å². The van der Waals surface area contributed by atoms with Gasteiger partial charge in [-0.15, -0.1) is 0 Å². The van der Waals surface area contributed by atoms with E-state index in [-0.39, 0.29) is 5.56 Å². The van der Waals surface area contributed by atoms with Gasteiger partial charge in [0, 0.05) is 24.7 Å². The number of anilines is 1. The van der Waals surface area contributed by atoms with Gasteiger partial charge in [-0.2, -0.15) is 5.26 Å². The highest BCUT2D eigenvalue weighted by Gasteiger charge is 2.18. The molecule has 0 aliphatic rings. The molecule has 0 aliphatic heterocycles. The third-order valence-corrected chi connectivity index (χ3v) is 5.60. The molecule has 7 nitrogen and oxygen atoms in total. The van der Waals surface area contributed by atoms with Crippen LogP contribution >= 0.6 is 0 Å². The Kier molecular flexibility index (Phi) is 6.79. The second kappa shape index (κ2) is 10.1. The molecule has 0 fully saturated rings. The number of aromatic nitrogens is 2. The van der Waals surface area contributed by atoms with Crippen LogP contribution in [0.5, 0.6) is 11.5 Å². The lowest BCUT2D eigenvalue weighted by Gasteiger charge is -2.22. The van der Waals surface area contributed by atoms with Crippen LogP contribution in [0.4, 0.5) is 5.95 Å². The molecule has 4 aromatic rings. The Bertz CT molecular complexity index is 1400. The van der Waals surface area contributed by atoms with Gasteiger partial charge in [-0.3, -0.25) is 9.78 Å². The van der Waals surface area contributed by atoms with E-state index in [9.17, 15) is 10.1 Å². The standard InChI is InChI=1S/C27H26N4O3/c1-4-15-34-24-14-11-18-7-5-6-8-21(18)23(24)17-31(2)27-29-25(22(16-28)26(32)30-27)19-9-12-20(33-3)13-10-19/h5-14H,4,15,17H2,1-3H3,(H,29,30,32). The van der Waals surface area contributed by atoms with Crippen LogP contribution in [0.1, 0.15) is 24.5 Å². The van der Waals surface area contributed by atoms with Crippen molar-refractivity contribution in [1.82, 2.24) is 9.97 Å². The SMILES string of the molecule is CCCOc1ccc2ccccc2c1CN(C)c1nc(-c2ccc(OC)cc2)c(C#N)c(=O)[nH]1. The number of hydrogen-bond acceptors (Lipinski definition) is 6. The van der Waals surface area contributed by atoms with E-state index in [1.807, 2.05) is 42.3 Å². The van der Waals surface area contributed by atoms with Gasteiger partial charge in [-0.05, 0) is 47.5 Å². The second-order valence-corrected chi connectivity index (χ2v) is 7.92. The van der Waals surface area contributed by atoms with E-state index in [1.165, 1.54) is 0 Å². The zero-order valence-corrected chi connectivity index (χ0v) is 19.5. The number of benzene rings is 3. The van der Waals surface area contributed by atoms with Gasteiger partial charge in [0.1, 0.15) is 23.1 Å². The Hall–Kier alpha value is -4.31. The normalized spacial score (nSPS) is 10.6. The topological polar surface area (TPSA) is 91.2 Å². The summed E-state index contributed by atoms with van der Waals surface area (Å²) in [5, 5.41) is 11.8. The number of hydrogen-bond donors (Lipinski definition) is 1. The van der Waals surface area contributed by atoms with Crippen molar-refractivity contribution in [2.75, 3.05) is 25.7 Å². The van der Waals surface area contributed by atoms with Gasteiger partial charge >= 0.3 is 0 Å². The van der Waals surface area contributed by atoms with E-state index in [1.54, 1.807) is 31.4 Å². The highest BCUT2D eigenvalue weighted by atomic mass is 16.5. The lowest BCUT2D eigenvalue weighted by atomic mass is 10.0. The highest BCUT2D eigenvalue weighted by molar-refractivity contribution is 5.88. The Morgan fingerprint density at radius 2 is 1.85 bits per heavy atom. The summed E-state index contributed by atoms with van der Waals surface area (Å²) in [5.74, 6) is 1.85. The molecular weight excluding hydrogens is 428 g/mol. The Labute approximate surface area is 198 Å². The average molecular weight is 455 g/mol. The fourth-order valence-electron chi connectivity index (χ4n) is 3.84. The predicted octanol–water partition coefficient (Wildman–Crippen LogP) is 4.90. The van der Waals surface area contributed by atoms with Gasteiger partial charge in [0.05, 0.1) is 19.4 Å². The van der Waals surface area contributed by atoms with Crippen LogP contribution in [0.3, 0.4) is 0 Å². The summed E-state index contributed by atoms with van der Waals surface area (Å²) in [6.07, 6.45) is 0.901. The summed E-state index contributed by atoms with van der Waals surface area (Å²) < 4.78 is 11.2. The smallest absolute Gasteiger partial charge is 0.270 e. The zero-order valence-electron chi connectivity index (χ0n) is 19.5. The van der Waals surface area contributed by atoms with Crippen LogP contribution < -0.4 is 19.9 Å². The molecule has 0 aliphatic carbocycles. The highest BCUT2D eigenvalue weighted by Crippen LogP contribution is 2.30. The lowest BCUT2D eigenvalue weighted by molar-refractivity contribution is 0.314. The quantitative estimate of drug-likeness (QED) is 0.407. The van der Waals surface area contributed by atoms with Crippen molar-refractivity contribution < 1.29 is 9.47 Å². The molecule has 1 aromatic heterocycles. The molecule has 172 valence electrons. The van der Waals surface area contributed by atoms with E-state index in [2.05, 4.69) is 29.0 Å². The first kappa shape index (κ1) is 22.9. The summed E-state index contributed by atoms with van der Waals surface area (Å²) in [5.41, 5.74) is 1.49. The van der Waals surface area contributed by atoms with E-state index >= 15 is 0 Å². The molecule has 0 atom stereocenters. The number of fused-ring (bicyclic) bond motifs is 1. The first-order valence-electron chi connectivity index (χ1n) is 11.1. The summed E-state index contributed by atoms with van der Waals surface area (Å²) in [4.78, 5) is 22.1. The molecule has 0 saturated carbocycles. The second-order valence-electron chi connectivity index (χ2n) is 7.92. The number of nitriles is 1. The van der Waals surface area contributed by atoms with Crippen LogP contribution in [0.15, 0.2) is 65.5 Å². The van der Waals surface area contributed by atoms with Gasteiger partial charge in [0.2, 0.25) is 5.95 Å². The molecule has 0 radical (unpaired) electrons.